The molecule has 0 atom stereocenters. The molecule has 0 fully saturated rings. The predicted octanol–water partition coefficient (Wildman–Crippen LogP) is 2.95. The van der Waals surface area contributed by atoms with Crippen molar-refractivity contribution in [3.05, 3.63) is 48.7 Å². The molecule has 0 aliphatic rings. The number of anilines is 4. The van der Waals surface area contributed by atoms with Gasteiger partial charge < -0.3 is 15.8 Å². The average molecular weight is 486 g/mol. The first-order chi connectivity index (χ1) is 15.8. The van der Waals surface area contributed by atoms with Crippen LogP contribution in [0.15, 0.2) is 52.9 Å². The van der Waals surface area contributed by atoms with Gasteiger partial charge in [-0.05, 0) is 31.2 Å². The van der Waals surface area contributed by atoms with Crippen LogP contribution in [-0.2, 0) is 14.8 Å². The van der Waals surface area contributed by atoms with Crippen molar-refractivity contribution in [1.82, 2.24) is 19.9 Å². The third-order valence-corrected chi connectivity index (χ3v) is 7.34. The zero-order valence-electron chi connectivity index (χ0n) is 17.6. The van der Waals surface area contributed by atoms with Gasteiger partial charge in [-0.25, -0.2) is 19.3 Å². The Bertz CT molecular complexity index is 1430. The minimum absolute atomic E-state index is 0.0168. The number of carbonyl (C=O) groups is 1. The summed E-state index contributed by atoms with van der Waals surface area (Å²) >= 11 is 0.836. The molecule has 0 bridgehead atoms. The van der Waals surface area contributed by atoms with Gasteiger partial charge in [-0.2, -0.15) is 13.4 Å². The Labute approximate surface area is 193 Å². The van der Waals surface area contributed by atoms with Crippen LogP contribution in [0.25, 0.3) is 11.0 Å². The lowest BCUT2D eigenvalue weighted by molar-refractivity contribution is -0.114. The Morgan fingerprint density at radius 2 is 1.91 bits per heavy atom. The van der Waals surface area contributed by atoms with E-state index in [-0.39, 0.29) is 38.4 Å². The first kappa shape index (κ1) is 22.4. The van der Waals surface area contributed by atoms with Crippen LogP contribution in [0.5, 0.6) is 5.88 Å². The molecule has 0 aliphatic heterocycles. The summed E-state index contributed by atoms with van der Waals surface area (Å²) in [6.07, 6.45) is 1.19. The molecular formula is C20H19N7O4S2. The number of nitrogen functional groups attached to an aromatic ring is 1. The van der Waals surface area contributed by atoms with E-state index in [1.165, 1.54) is 19.2 Å². The van der Waals surface area contributed by atoms with Gasteiger partial charge in [0.05, 0.1) is 24.0 Å². The third-order valence-electron chi connectivity index (χ3n) is 4.25. The van der Waals surface area contributed by atoms with Crippen molar-refractivity contribution in [3.63, 3.8) is 0 Å². The number of thiazole rings is 1. The highest BCUT2D eigenvalue weighted by molar-refractivity contribution is 7.95. The van der Waals surface area contributed by atoms with Gasteiger partial charge >= 0.3 is 0 Å². The van der Waals surface area contributed by atoms with Crippen LogP contribution in [0.1, 0.15) is 13.8 Å². The lowest BCUT2D eigenvalue weighted by Gasteiger charge is -2.23. The van der Waals surface area contributed by atoms with Crippen molar-refractivity contribution >= 4 is 60.9 Å². The Morgan fingerprint density at radius 1 is 1.15 bits per heavy atom. The van der Waals surface area contributed by atoms with Gasteiger partial charge in [0.1, 0.15) is 5.82 Å². The quantitative estimate of drug-likeness (QED) is 0.402. The summed E-state index contributed by atoms with van der Waals surface area (Å²) in [4.78, 5) is 28.1. The molecule has 0 saturated heterocycles. The normalized spacial score (nSPS) is 11.3. The molecule has 0 aliphatic carbocycles. The fourth-order valence-electron chi connectivity index (χ4n) is 2.98. The number of nitrogens with two attached hydrogens (primary N) is 1. The zero-order valence-corrected chi connectivity index (χ0v) is 19.2. The van der Waals surface area contributed by atoms with Gasteiger partial charge in [0.2, 0.25) is 17.7 Å². The number of sulfonamides is 1. The maximum absolute atomic E-state index is 13.7. The minimum atomic E-state index is -4.15. The molecule has 3 heterocycles. The zero-order chi connectivity index (χ0) is 23.6. The van der Waals surface area contributed by atoms with Crippen LogP contribution in [0, 0.1) is 0 Å². The number of nitrogens with one attached hydrogen (secondary N) is 1. The second-order valence-corrected chi connectivity index (χ2v) is 9.67. The van der Waals surface area contributed by atoms with E-state index >= 15 is 0 Å². The topological polar surface area (TPSA) is 153 Å². The van der Waals surface area contributed by atoms with Crippen LogP contribution in [0.2, 0.25) is 0 Å². The summed E-state index contributed by atoms with van der Waals surface area (Å²) in [6, 6.07) is 11.6. The van der Waals surface area contributed by atoms with Gasteiger partial charge in [0.25, 0.3) is 10.0 Å². The molecule has 170 valence electrons. The minimum Gasteiger partial charge on any atom is -0.476 e. The highest BCUT2D eigenvalue weighted by atomic mass is 32.2. The number of hydrogen-bond acceptors (Lipinski definition) is 10. The third kappa shape index (κ3) is 4.54. The molecule has 13 heteroatoms. The largest absolute Gasteiger partial charge is 0.476 e. The summed E-state index contributed by atoms with van der Waals surface area (Å²) in [5, 5.41) is 2.66. The lowest BCUT2D eigenvalue weighted by Crippen LogP contribution is -2.26. The molecule has 0 radical (unpaired) electrons. The smallest absolute Gasteiger partial charge is 0.281 e. The summed E-state index contributed by atoms with van der Waals surface area (Å²) in [5.41, 5.74) is 6.78. The first-order valence-corrected chi connectivity index (χ1v) is 12.0. The molecule has 0 unspecified atom stereocenters. The molecule has 4 aromatic rings. The number of ether oxygens (including phenoxy) is 1. The average Bonchev–Trinajstić information content (AvgIpc) is 3.24. The Balaban J connectivity index is 1.89. The molecule has 3 N–H and O–H groups in total. The number of fused-ring (bicyclic) bond motifs is 1. The van der Waals surface area contributed by atoms with Crippen molar-refractivity contribution in [1.29, 1.82) is 0 Å². The number of carbonyl (C=O) groups excluding carboxylic acids is 1. The maximum Gasteiger partial charge on any atom is 0.281 e. The molecule has 11 nitrogen and oxygen atoms in total. The molecule has 1 amide bonds. The number of rotatable bonds is 7. The monoisotopic (exact) mass is 485 g/mol. The van der Waals surface area contributed by atoms with Crippen LogP contribution >= 0.6 is 11.3 Å². The number of pyridine rings is 1. The fourth-order valence-corrected chi connectivity index (χ4v) is 5.57. The summed E-state index contributed by atoms with van der Waals surface area (Å²) in [5.74, 6) is -0.0918. The van der Waals surface area contributed by atoms with E-state index in [0.717, 1.165) is 15.6 Å². The highest BCUT2D eigenvalue weighted by Crippen LogP contribution is 2.35. The van der Waals surface area contributed by atoms with Gasteiger partial charge in [0, 0.05) is 6.92 Å². The Hall–Kier alpha value is -3.84. The fraction of sp³-hybridized carbons (Fsp3) is 0.150. The number of para-hydroxylation sites is 1. The van der Waals surface area contributed by atoms with E-state index in [0.29, 0.717) is 17.8 Å². The number of aromatic nitrogens is 4. The van der Waals surface area contributed by atoms with Crippen molar-refractivity contribution in [2.24, 2.45) is 0 Å². The van der Waals surface area contributed by atoms with Crippen molar-refractivity contribution < 1.29 is 17.9 Å². The molecule has 1 aromatic carbocycles. The Kier molecular flexibility index (Phi) is 6.07. The van der Waals surface area contributed by atoms with Crippen molar-refractivity contribution in [3.8, 4) is 5.88 Å². The SMILES string of the molecule is CCOc1nc(N)nc2ccc(N(c3ccccc3)S(=O)(=O)c3cnc(NC(C)=O)s3)nc12. The van der Waals surface area contributed by atoms with E-state index in [1.54, 1.807) is 43.3 Å². The first-order valence-electron chi connectivity index (χ1n) is 9.70. The maximum atomic E-state index is 13.7. The Morgan fingerprint density at radius 3 is 2.61 bits per heavy atom. The van der Waals surface area contributed by atoms with E-state index < -0.39 is 10.0 Å². The van der Waals surface area contributed by atoms with E-state index in [9.17, 15) is 13.2 Å². The van der Waals surface area contributed by atoms with Gasteiger partial charge in [-0.1, -0.05) is 29.5 Å². The molecule has 0 spiro atoms. The number of nitrogens with zero attached hydrogens (tertiary/aromatic N) is 5. The van der Waals surface area contributed by atoms with Crippen molar-refractivity contribution in [2.75, 3.05) is 22.0 Å². The lowest BCUT2D eigenvalue weighted by atomic mass is 10.3. The molecule has 4 rings (SSSR count). The summed E-state index contributed by atoms with van der Waals surface area (Å²) < 4.78 is 33.9. The molecule has 3 aromatic heterocycles. The molecule has 0 saturated carbocycles. The van der Waals surface area contributed by atoms with Gasteiger partial charge in [-0.15, -0.1) is 0 Å². The van der Waals surface area contributed by atoms with Crippen LogP contribution < -0.4 is 20.1 Å². The number of amides is 1. The van der Waals surface area contributed by atoms with Gasteiger partial charge in [-0.3, -0.25) is 4.79 Å². The van der Waals surface area contributed by atoms with Crippen molar-refractivity contribution in [2.45, 2.75) is 18.1 Å². The second kappa shape index (κ2) is 8.96. The highest BCUT2D eigenvalue weighted by Gasteiger charge is 2.30. The summed E-state index contributed by atoms with van der Waals surface area (Å²) in [6.45, 7) is 3.41. The number of benzene rings is 1. The van der Waals surface area contributed by atoms with E-state index in [1.807, 2.05) is 0 Å². The summed E-state index contributed by atoms with van der Waals surface area (Å²) in [7, 11) is -4.15. The standard InChI is InChI=1S/C20H19N7O4S2/c1-3-31-18-17-14(24-19(21)26-18)9-10-15(25-17)27(13-7-5-4-6-8-13)33(29,30)16-11-22-20(32-16)23-12(2)28/h4-11H,3H2,1-2H3,(H2,21,24,26)(H,22,23,28). The predicted molar refractivity (Wildman–Crippen MR) is 125 cm³/mol. The molecule has 33 heavy (non-hydrogen) atoms. The number of hydrogen-bond donors (Lipinski definition) is 2. The van der Waals surface area contributed by atoms with Gasteiger partial charge in [0.15, 0.2) is 14.9 Å². The van der Waals surface area contributed by atoms with E-state index in [4.69, 9.17) is 10.5 Å². The molecular weight excluding hydrogens is 466 g/mol. The van der Waals surface area contributed by atoms with E-state index in [2.05, 4.69) is 25.3 Å². The van der Waals surface area contributed by atoms with Crippen LogP contribution in [0.3, 0.4) is 0 Å². The van der Waals surface area contributed by atoms with Crippen LogP contribution in [0.4, 0.5) is 22.6 Å². The van der Waals surface area contributed by atoms with Crippen LogP contribution in [-0.4, -0.2) is 40.9 Å². The second-order valence-electron chi connectivity index (χ2n) is 6.63.